The first-order valence-electron chi connectivity index (χ1n) is 7.11. The molecule has 1 amide bonds. The lowest BCUT2D eigenvalue weighted by Crippen LogP contribution is -2.68. The first-order chi connectivity index (χ1) is 9.22. The van der Waals surface area contributed by atoms with Crippen LogP contribution in [0.15, 0.2) is 0 Å². The lowest BCUT2D eigenvalue weighted by Gasteiger charge is -2.52. The van der Waals surface area contributed by atoms with Crippen LogP contribution >= 0.6 is 0 Å². The number of hydrogen-bond acceptors (Lipinski definition) is 5. The van der Waals surface area contributed by atoms with Crippen molar-refractivity contribution in [2.24, 2.45) is 5.41 Å². The molecule has 2 bridgehead atoms. The van der Waals surface area contributed by atoms with E-state index in [1.54, 1.807) is 0 Å². The molecule has 1 N–H and O–H groups in total. The highest BCUT2D eigenvalue weighted by Crippen LogP contribution is 2.42. The fraction of sp³-hybridized carbons (Fsp3) is 0.923. The molecule has 4 saturated heterocycles. The van der Waals surface area contributed by atoms with Crippen molar-refractivity contribution in [3.63, 3.8) is 0 Å². The van der Waals surface area contributed by atoms with E-state index in [9.17, 15) is 4.79 Å². The van der Waals surface area contributed by atoms with E-state index in [0.717, 1.165) is 6.04 Å². The first kappa shape index (κ1) is 14.3. The van der Waals surface area contributed by atoms with Gasteiger partial charge in [-0.3, -0.25) is 0 Å². The number of carbonyl (C=O) groups excluding carboxylic acids is 1. The predicted molar refractivity (Wildman–Crippen MR) is 74.0 cm³/mol. The van der Waals surface area contributed by atoms with Crippen LogP contribution in [0, 0.1) is 5.41 Å². The molecule has 0 aromatic rings. The van der Waals surface area contributed by atoms with Gasteiger partial charge in [-0.15, -0.1) is 0 Å². The first-order valence-corrected chi connectivity index (χ1v) is 10.8. The smallest absolute Gasteiger partial charge is 0.408 e. The highest BCUT2D eigenvalue weighted by atomic mass is 28.3. The van der Waals surface area contributed by atoms with Crippen LogP contribution in [0.2, 0.25) is 25.7 Å². The summed E-state index contributed by atoms with van der Waals surface area (Å²) in [6, 6.07) is 0.456. The second-order valence-electron chi connectivity index (χ2n) is 7.61. The summed E-state index contributed by atoms with van der Waals surface area (Å²) in [5.74, 6) is -1.17. The Kier molecular flexibility index (Phi) is 3.17. The summed E-state index contributed by atoms with van der Waals surface area (Å²) in [5.41, 5.74) is -0.0838. The summed E-state index contributed by atoms with van der Waals surface area (Å²) in [7, 11) is -1.39. The van der Waals surface area contributed by atoms with E-state index in [1.165, 1.54) is 0 Å². The minimum absolute atomic E-state index is 0.0838. The number of nitrogens with one attached hydrogen (secondary N) is 1. The Morgan fingerprint density at radius 1 is 1.20 bits per heavy atom. The zero-order chi connectivity index (χ0) is 14.6. The molecule has 4 heterocycles. The zero-order valence-electron chi connectivity index (χ0n) is 12.5. The lowest BCUT2D eigenvalue weighted by molar-refractivity contribution is -0.475. The zero-order valence-corrected chi connectivity index (χ0v) is 13.5. The van der Waals surface area contributed by atoms with Gasteiger partial charge in [0.05, 0.1) is 19.8 Å². The molecule has 0 radical (unpaired) electrons. The number of rotatable bonds is 3. The molecule has 0 aliphatic carbocycles. The van der Waals surface area contributed by atoms with Crippen molar-refractivity contribution >= 4 is 14.2 Å². The summed E-state index contributed by atoms with van der Waals surface area (Å²) in [6.07, 6.45) is -0.668. The molecule has 114 valence electrons. The van der Waals surface area contributed by atoms with Crippen molar-refractivity contribution in [1.82, 2.24) is 5.32 Å². The number of amides is 1. The van der Waals surface area contributed by atoms with Crippen molar-refractivity contribution in [2.75, 3.05) is 19.8 Å². The van der Waals surface area contributed by atoms with Crippen LogP contribution in [-0.4, -0.2) is 52.1 Å². The van der Waals surface area contributed by atoms with Crippen molar-refractivity contribution in [3.8, 4) is 0 Å². The summed E-state index contributed by atoms with van der Waals surface area (Å²) in [5, 5.41) is 2.81. The SMILES string of the molecule is CC12COC([C@H]3NC(=O)O[C@@H]3C[Si](C)(C)C)(OC1)OC2. The van der Waals surface area contributed by atoms with Crippen LogP contribution in [0.25, 0.3) is 0 Å². The van der Waals surface area contributed by atoms with Gasteiger partial charge in [-0.1, -0.05) is 26.6 Å². The Bertz CT molecular complexity index is 397. The summed E-state index contributed by atoms with van der Waals surface area (Å²) in [6.45, 7) is 10.6. The number of alkyl carbamates (subject to hydrolysis) is 1. The Balaban J connectivity index is 1.79. The molecule has 4 fully saturated rings. The quantitative estimate of drug-likeness (QED) is 0.801. The van der Waals surface area contributed by atoms with Crippen LogP contribution in [0.5, 0.6) is 0 Å². The lowest BCUT2D eigenvalue weighted by atomic mass is 9.90. The van der Waals surface area contributed by atoms with Gasteiger partial charge in [0.25, 0.3) is 0 Å². The molecule has 4 rings (SSSR count). The van der Waals surface area contributed by atoms with Gasteiger partial charge < -0.3 is 24.3 Å². The normalized spacial score (nSPS) is 44.3. The van der Waals surface area contributed by atoms with Crippen LogP contribution < -0.4 is 5.32 Å². The van der Waals surface area contributed by atoms with Crippen molar-refractivity contribution < 1.29 is 23.7 Å². The average molecular weight is 301 g/mol. The summed E-state index contributed by atoms with van der Waals surface area (Å²) >= 11 is 0. The molecule has 4 aliphatic rings. The molecule has 2 atom stereocenters. The summed E-state index contributed by atoms with van der Waals surface area (Å²) < 4.78 is 22.9. The van der Waals surface area contributed by atoms with Gasteiger partial charge in [-0.2, -0.15) is 0 Å². The molecule has 4 aliphatic heterocycles. The molecule has 6 nitrogen and oxygen atoms in total. The Morgan fingerprint density at radius 3 is 2.25 bits per heavy atom. The van der Waals surface area contributed by atoms with Gasteiger partial charge in [0.1, 0.15) is 6.10 Å². The van der Waals surface area contributed by atoms with Gasteiger partial charge in [0.2, 0.25) is 0 Å². The third kappa shape index (κ3) is 2.47. The Morgan fingerprint density at radius 2 is 1.75 bits per heavy atom. The minimum Gasteiger partial charge on any atom is -0.444 e. The van der Waals surface area contributed by atoms with Gasteiger partial charge in [0, 0.05) is 13.5 Å². The Labute approximate surface area is 120 Å². The maximum absolute atomic E-state index is 11.6. The topological polar surface area (TPSA) is 66.0 Å². The maximum atomic E-state index is 11.6. The summed E-state index contributed by atoms with van der Waals surface area (Å²) in [4.78, 5) is 11.6. The van der Waals surface area contributed by atoms with Crippen LogP contribution in [0.3, 0.4) is 0 Å². The largest absolute Gasteiger partial charge is 0.444 e. The number of hydrogen-bond donors (Lipinski definition) is 1. The number of fused-ring (bicyclic) bond motifs is 3. The maximum Gasteiger partial charge on any atom is 0.408 e. The standard InChI is InChI=1S/C13H23NO5Si/c1-12-6-16-13(17-7-12,18-8-12)10-9(5-20(2,3)4)19-11(15)14-10/h9-10H,5-8H2,1-4H3,(H,14,15)/t9-,10+,12?,13?/m1/s1. The fourth-order valence-corrected chi connectivity index (χ4v) is 4.41. The van der Waals surface area contributed by atoms with E-state index >= 15 is 0 Å². The van der Waals surface area contributed by atoms with E-state index in [0.29, 0.717) is 19.8 Å². The van der Waals surface area contributed by atoms with Gasteiger partial charge in [-0.05, 0) is 6.04 Å². The molecule has 0 unspecified atom stereocenters. The molecule has 20 heavy (non-hydrogen) atoms. The van der Waals surface area contributed by atoms with E-state index in [1.807, 2.05) is 0 Å². The molecule has 0 aromatic carbocycles. The van der Waals surface area contributed by atoms with Crippen molar-refractivity contribution in [2.45, 2.75) is 50.7 Å². The van der Waals surface area contributed by atoms with Gasteiger partial charge in [0.15, 0.2) is 6.04 Å². The average Bonchev–Trinajstić information content (AvgIpc) is 2.70. The predicted octanol–water partition coefficient (Wildman–Crippen LogP) is 1.54. The molecule has 0 aromatic heterocycles. The van der Waals surface area contributed by atoms with E-state index in [2.05, 4.69) is 31.9 Å². The highest BCUT2D eigenvalue weighted by Gasteiger charge is 2.60. The van der Waals surface area contributed by atoms with Gasteiger partial charge >= 0.3 is 12.1 Å². The number of cyclic esters (lactones) is 1. The fourth-order valence-electron chi connectivity index (χ4n) is 2.88. The second-order valence-corrected chi connectivity index (χ2v) is 13.1. The molecule has 0 saturated carbocycles. The minimum atomic E-state index is -1.39. The van der Waals surface area contributed by atoms with Crippen LogP contribution in [0.1, 0.15) is 6.92 Å². The second kappa shape index (κ2) is 4.43. The van der Waals surface area contributed by atoms with Crippen molar-refractivity contribution in [1.29, 1.82) is 0 Å². The Hall–Kier alpha value is -0.633. The van der Waals surface area contributed by atoms with E-state index in [-0.39, 0.29) is 11.5 Å². The molecular formula is C13H23NO5Si. The third-order valence-corrected chi connectivity index (χ3v) is 5.59. The van der Waals surface area contributed by atoms with E-state index in [4.69, 9.17) is 18.9 Å². The molecule has 7 heteroatoms. The van der Waals surface area contributed by atoms with E-state index < -0.39 is 26.2 Å². The highest BCUT2D eigenvalue weighted by molar-refractivity contribution is 6.76. The molecular weight excluding hydrogens is 278 g/mol. The molecule has 0 spiro atoms. The van der Waals surface area contributed by atoms with Crippen LogP contribution in [-0.2, 0) is 18.9 Å². The number of ether oxygens (including phenoxy) is 4. The van der Waals surface area contributed by atoms with Crippen molar-refractivity contribution in [3.05, 3.63) is 0 Å². The third-order valence-electron chi connectivity index (χ3n) is 3.96. The van der Waals surface area contributed by atoms with Gasteiger partial charge in [-0.25, -0.2) is 4.79 Å². The number of carbonyl (C=O) groups is 1. The monoisotopic (exact) mass is 301 g/mol. The van der Waals surface area contributed by atoms with Crippen LogP contribution in [0.4, 0.5) is 4.79 Å².